The number of amides is 3. The Kier molecular flexibility index (Phi) is 6.80. The van der Waals surface area contributed by atoms with Gasteiger partial charge in [-0.1, -0.05) is 13.8 Å². The van der Waals surface area contributed by atoms with E-state index in [1.165, 1.54) is 6.21 Å². The zero-order valence-electron chi connectivity index (χ0n) is 12.4. The Hall–Kier alpha value is -1.96. The van der Waals surface area contributed by atoms with E-state index in [4.69, 9.17) is 9.47 Å². The second kappa shape index (κ2) is 8.35. The first-order valence-electron chi connectivity index (χ1n) is 6.83. The number of carbonyl (C=O) groups is 3. The number of imide groups is 1. The van der Waals surface area contributed by atoms with Gasteiger partial charge in [-0.3, -0.25) is 14.9 Å². The number of hydrazone groups is 1. The summed E-state index contributed by atoms with van der Waals surface area (Å²) in [5.74, 6) is -0.481. The number of rotatable bonds is 6. The number of esters is 1. The molecule has 1 aliphatic rings. The van der Waals surface area contributed by atoms with Gasteiger partial charge in [0, 0.05) is 6.21 Å². The molecule has 1 fully saturated rings. The molecule has 8 heteroatoms. The summed E-state index contributed by atoms with van der Waals surface area (Å²) in [7, 11) is 0. The van der Waals surface area contributed by atoms with Gasteiger partial charge in [0.2, 0.25) is 6.41 Å². The Morgan fingerprint density at radius 1 is 1.48 bits per heavy atom. The van der Waals surface area contributed by atoms with E-state index >= 15 is 0 Å². The highest BCUT2D eigenvalue weighted by Gasteiger charge is 2.33. The van der Waals surface area contributed by atoms with Crippen molar-refractivity contribution in [3.05, 3.63) is 0 Å². The van der Waals surface area contributed by atoms with Crippen molar-refractivity contribution in [2.45, 2.75) is 45.9 Å². The van der Waals surface area contributed by atoms with Crippen molar-refractivity contribution in [2.75, 3.05) is 6.61 Å². The Morgan fingerprint density at radius 3 is 2.76 bits per heavy atom. The van der Waals surface area contributed by atoms with Gasteiger partial charge in [-0.05, 0) is 19.8 Å². The molecule has 118 valence electrons. The molecule has 1 heterocycles. The Labute approximate surface area is 123 Å². The van der Waals surface area contributed by atoms with Crippen LogP contribution in [0.3, 0.4) is 0 Å². The summed E-state index contributed by atoms with van der Waals surface area (Å²) in [5.41, 5.74) is 0. The van der Waals surface area contributed by atoms with Crippen LogP contribution in [0.5, 0.6) is 0 Å². The fraction of sp³-hybridized carbons (Fsp3) is 0.692. The first-order valence-corrected chi connectivity index (χ1v) is 6.83. The van der Waals surface area contributed by atoms with Crippen molar-refractivity contribution in [1.82, 2.24) is 10.3 Å². The van der Waals surface area contributed by atoms with Gasteiger partial charge in [-0.15, -0.1) is 0 Å². The minimum atomic E-state index is -0.659. The highest BCUT2D eigenvalue weighted by Crippen LogP contribution is 2.23. The molecule has 3 amide bonds. The number of hydrogen-bond acceptors (Lipinski definition) is 6. The van der Waals surface area contributed by atoms with Gasteiger partial charge < -0.3 is 9.47 Å². The maximum Gasteiger partial charge on any atom is 0.346 e. The third-order valence-corrected chi connectivity index (χ3v) is 2.87. The molecule has 0 spiro atoms. The predicted molar refractivity (Wildman–Crippen MR) is 74.3 cm³/mol. The topological polar surface area (TPSA) is 97.3 Å². The zero-order chi connectivity index (χ0) is 15.8. The predicted octanol–water partition coefficient (Wildman–Crippen LogP) is 0.864. The van der Waals surface area contributed by atoms with Crippen LogP contribution in [0.1, 0.15) is 33.6 Å². The number of nitrogens with zero attached hydrogens (tertiary/aromatic N) is 2. The molecule has 2 unspecified atom stereocenters. The molecule has 1 rings (SSSR count). The molecule has 0 saturated carbocycles. The largest absolute Gasteiger partial charge is 0.463 e. The third kappa shape index (κ3) is 5.14. The summed E-state index contributed by atoms with van der Waals surface area (Å²) >= 11 is 0. The summed E-state index contributed by atoms with van der Waals surface area (Å²) in [6, 6.07) is -0.659. The zero-order valence-corrected chi connectivity index (χ0v) is 12.4. The number of urea groups is 1. The maximum atomic E-state index is 11.7. The Balaban J connectivity index is 2.52. The van der Waals surface area contributed by atoms with Crippen molar-refractivity contribution in [1.29, 1.82) is 0 Å². The molecule has 0 aromatic rings. The van der Waals surface area contributed by atoms with Crippen molar-refractivity contribution in [2.24, 2.45) is 11.0 Å². The van der Waals surface area contributed by atoms with Crippen LogP contribution in [-0.2, 0) is 19.1 Å². The first kappa shape index (κ1) is 17.1. The van der Waals surface area contributed by atoms with E-state index < -0.39 is 12.3 Å². The van der Waals surface area contributed by atoms with Crippen LogP contribution in [-0.4, -0.2) is 48.6 Å². The molecule has 0 bridgehead atoms. The molecule has 1 saturated heterocycles. The van der Waals surface area contributed by atoms with Crippen LogP contribution in [0.25, 0.3) is 0 Å². The highest BCUT2D eigenvalue weighted by molar-refractivity contribution is 5.84. The fourth-order valence-electron chi connectivity index (χ4n) is 1.83. The van der Waals surface area contributed by atoms with Gasteiger partial charge in [0.05, 0.1) is 12.0 Å². The van der Waals surface area contributed by atoms with Gasteiger partial charge in [0.1, 0.15) is 6.61 Å². The standard InChI is InChI=1S/C13H21N3O5/c1-4-15-16(13(19)14-8-17)11-6-5-10(21-11)7-20-12(18)9(2)3/h4,8-11H,5-7H2,1-3H3,(H,14,17,19)/b15-4-. The average molecular weight is 299 g/mol. The fourth-order valence-corrected chi connectivity index (χ4v) is 1.83. The molecule has 21 heavy (non-hydrogen) atoms. The highest BCUT2D eigenvalue weighted by atomic mass is 16.6. The molecule has 8 nitrogen and oxygen atoms in total. The molecule has 1 aliphatic heterocycles. The molecule has 0 aromatic heterocycles. The summed E-state index contributed by atoms with van der Waals surface area (Å²) in [4.78, 5) is 33.4. The van der Waals surface area contributed by atoms with E-state index in [0.717, 1.165) is 5.01 Å². The summed E-state index contributed by atoms with van der Waals surface area (Å²) < 4.78 is 10.7. The third-order valence-electron chi connectivity index (χ3n) is 2.87. The molecule has 0 aliphatic carbocycles. The van der Waals surface area contributed by atoms with Gasteiger partial charge in [-0.2, -0.15) is 10.1 Å². The molecule has 0 aromatic carbocycles. The number of carbonyl (C=O) groups excluding carboxylic acids is 3. The monoisotopic (exact) mass is 299 g/mol. The molecule has 1 N–H and O–H groups in total. The minimum absolute atomic E-state index is 0.145. The number of nitrogens with one attached hydrogen (secondary N) is 1. The quantitative estimate of drug-likeness (QED) is 0.339. The first-order chi connectivity index (χ1) is 9.99. The van der Waals surface area contributed by atoms with Crippen LogP contribution in [0, 0.1) is 5.92 Å². The van der Waals surface area contributed by atoms with Gasteiger partial charge >= 0.3 is 12.0 Å². The van der Waals surface area contributed by atoms with Crippen LogP contribution < -0.4 is 5.32 Å². The van der Waals surface area contributed by atoms with E-state index in [-0.39, 0.29) is 31.0 Å². The molecule has 0 radical (unpaired) electrons. The number of ether oxygens (including phenoxy) is 2. The lowest BCUT2D eigenvalue weighted by molar-refractivity contribution is -0.152. The van der Waals surface area contributed by atoms with Crippen molar-refractivity contribution >= 4 is 24.6 Å². The maximum absolute atomic E-state index is 11.7. The second-order valence-electron chi connectivity index (χ2n) is 4.86. The normalized spacial score (nSPS) is 21.5. The lowest BCUT2D eigenvalue weighted by Gasteiger charge is -2.23. The average Bonchev–Trinajstić information content (AvgIpc) is 2.90. The SMILES string of the molecule is C/C=N\N(C(=O)NC=O)C1CCC(COC(=O)C(C)C)O1. The van der Waals surface area contributed by atoms with Gasteiger partial charge in [-0.25, -0.2) is 4.79 Å². The van der Waals surface area contributed by atoms with Crippen LogP contribution in [0.4, 0.5) is 4.79 Å². The Bertz CT molecular complexity index is 411. The van der Waals surface area contributed by atoms with E-state index in [9.17, 15) is 14.4 Å². The van der Waals surface area contributed by atoms with Crippen LogP contribution >= 0.6 is 0 Å². The van der Waals surface area contributed by atoms with E-state index in [0.29, 0.717) is 12.8 Å². The van der Waals surface area contributed by atoms with Crippen molar-refractivity contribution in [3.63, 3.8) is 0 Å². The van der Waals surface area contributed by atoms with Crippen molar-refractivity contribution < 1.29 is 23.9 Å². The minimum Gasteiger partial charge on any atom is -0.463 e. The van der Waals surface area contributed by atoms with Crippen LogP contribution in [0.2, 0.25) is 0 Å². The summed E-state index contributed by atoms with van der Waals surface area (Å²) in [5, 5.41) is 6.97. The molecule has 2 atom stereocenters. The lowest BCUT2D eigenvalue weighted by Crippen LogP contribution is -2.42. The van der Waals surface area contributed by atoms with Gasteiger partial charge in [0.25, 0.3) is 0 Å². The lowest BCUT2D eigenvalue weighted by atomic mass is 10.2. The second-order valence-corrected chi connectivity index (χ2v) is 4.86. The van der Waals surface area contributed by atoms with E-state index in [2.05, 4.69) is 5.10 Å². The van der Waals surface area contributed by atoms with Gasteiger partial charge in [0.15, 0.2) is 6.23 Å². The number of hydrogen-bond donors (Lipinski definition) is 1. The summed E-state index contributed by atoms with van der Waals surface area (Å²) in [6.45, 7) is 5.30. The van der Waals surface area contributed by atoms with E-state index in [1.807, 2.05) is 5.32 Å². The van der Waals surface area contributed by atoms with Crippen LogP contribution in [0.15, 0.2) is 5.10 Å². The Morgan fingerprint density at radius 2 is 2.19 bits per heavy atom. The smallest absolute Gasteiger partial charge is 0.346 e. The molecular weight excluding hydrogens is 278 g/mol. The van der Waals surface area contributed by atoms with E-state index in [1.54, 1.807) is 20.8 Å². The van der Waals surface area contributed by atoms with Crippen molar-refractivity contribution in [3.8, 4) is 0 Å². The molecular formula is C13H21N3O5. The summed E-state index contributed by atoms with van der Waals surface area (Å²) in [6.07, 6.45) is 2.05.